The van der Waals surface area contributed by atoms with E-state index in [-0.39, 0.29) is 17.2 Å². The molecule has 3 aromatic rings. The average molecular weight is 597 g/mol. The molecule has 2 heterocycles. The van der Waals surface area contributed by atoms with E-state index < -0.39 is 15.9 Å². The zero-order valence-electron chi connectivity index (χ0n) is 18.0. The first-order valence-corrected chi connectivity index (χ1v) is 13.6. The number of carbonyl (C=O) groups excluding carboxylic acids is 1. The van der Waals surface area contributed by atoms with Gasteiger partial charge < -0.3 is 10.1 Å². The van der Waals surface area contributed by atoms with Gasteiger partial charge in [0.2, 0.25) is 10.0 Å². The highest BCUT2D eigenvalue weighted by Gasteiger charge is 2.29. The van der Waals surface area contributed by atoms with Crippen LogP contribution in [0.3, 0.4) is 0 Å². The van der Waals surface area contributed by atoms with Crippen molar-refractivity contribution in [3.63, 3.8) is 0 Å². The summed E-state index contributed by atoms with van der Waals surface area (Å²) in [6, 6.07) is 10.5. The van der Waals surface area contributed by atoms with Gasteiger partial charge in [-0.25, -0.2) is 8.42 Å². The van der Waals surface area contributed by atoms with E-state index in [2.05, 4.69) is 42.2 Å². The van der Waals surface area contributed by atoms with E-state index in [0.29, 0.717) is 28.8 Å². The maximum Gasteiger partial charge on any atom is 0.262 e. The highest BCUT2D eigenvalue weighted by Crippen LogP contribution is 2.37. The molecular formula is C23H23Br2N3O4S. The van der Waals surface area contributed by atoms with Gasteiger partial charge in [-0.3, -0.25) is 9.78 Å². The van der Waals surface area contributed by atoms with Gasteiger partial charge in [-0.05, 0) is 65.5 Å². The van der Waals surface area contributed by atoms with Crippen LogP contribution >= 0.6 is 31.9 Å². The van der Waals surface area contributed by atoms with Gasteiger partial charge in [0.1, 0.15) is 10.4 Å². The minimum atomic E-state index is -3.71. The molecule has 0 spiro atoms. The van der Waals surface area contributed by atoms with Crippen molar-refractivity contribution in [1.29, 1.82) is 0 Å². The van der Waals surface area contributed by atoms with Crippen LogP contribution in [-0.4, -0.2) is 43.3 Å². The first kappa shape index (κ1) is 24.1. The number of pyridine rings is 1. The van der Waals surface area contributed by atoms with Gasteiger partial charge in [-0.1, -0.05) is 34.5 Å². The Bertz CT molecular complexity index is 1310. The molecule has 1 saturated heterocycles. The molecule has 1 amide bonds. The normalized spacial score (nSPS) is 14.9. The number of hydrogen-bond acceptors (Lipinski definition) is 5. The van der Waals surface area contributed by atoms with Crippen LogP contribution in [0.5, 0.6) is 5.75 Å². The lowest BCUT2D eigenvalue weighted by Gasteiger charge is -2.27. The molecule has 1 aliphatic heterocycles. The summed E-state index contributed by atoms with van der Waals surface area (Å²) in [7, 11) is -3.71. The second kappa shape index (κ2) is 10.1. The van der Waals surface area contributed by atoms with E-state index in [1.165, 1.54) is 4.31 Å². The van der Waals surface area contributed by atoms with Crippen molar-refractivity contribution in [3.8, 4) is 5.75 Å². The van der Waals surface area contributed by atoms with E-state index >= 15 is 0 Å². The maximum absolute atomic E-state index is 13.3. The van der Waals surface area contributed by atoms with E-state index in [9.17, 15) is 13.2 Å². The largest absolute Gasteiger partial charge is 0.480 e. The van der Waals surface area contributed by atoms with E-state index in [0.717, 1.165) is 34.7 Å². The lowest BCUT2D eigenvalue weighted by atomic mass is 10.2. The number of carbonyl (C=O) groups is 1. The van der Waals surface area contributed by atoms with Crippen molar-refractivity contribution in [2.24, 2.45) is 0 Å². The number of sulfonamides is 1. The summed E-state index contributed by atoms with van der Waals surface area (Å²) < 4.78 is 35.3. The van der Waals surface area contributed by atoms with Crippen LogP contribution in [0.1, 0.15) is 24.8 Å². The van der Waals surface area contributed by atoms with Crippen LogP contribution in [0.4, 0.5) is 5.69 Å². The lowest BCUT2D eigenvalue weighted by Crippen LogP contribution is -2.36. The Morgan fingerprint density at radius 2 is 1.88 bits per heavy atom. The molecular weight excluding hydrogens is 574 g/mol. The SMILES string of the molecule is Cc1ccc(NC(=O)COc2c(Br)cc(Br)c3cccnc23)c(S(=O)(=O)N2CCCCC2)c1. The van der Waals surface area contributed by atoms with E-state index in [4.69, 9.17) is 4.74 Å². The zero-order chi connectivity index (χ0) is 23.6. The fourth-order valence-corrected chi connectivity index (χ4v) is 6.93. The molecule has 0 atom stereocenters. The molecule has 0 aliphatic carbocycles. The Labute approximate surface area is 209 Å². The summed E-state index contributed by atoms with van der Waals surface area (Å²) in [5.41, 5.74) is 1.66. The molecule has 1 aliphatic rings. The van der Waals surface area contributed by atoms with Crippen molar-refractivity contribution >= 4 is 64.4 Å². The Kier molecular flexibility index (Phi) is 7.37. The van der Waals surface area contributed by atoms with Gasteiger partial charge in [0.15, 0.2) is 12.4 Å². The van der Waals surface area contributed by atoms with Gasteiger partial charge in [-0.15, -0.1) is 0 Å². The maximum atomic E-state index is 13.3. The minimum Gasteiger partial charge on any atom is -0.480 e. The second-order valence-electron chi connectivity index (χ2n) is 7.87. The Morgan fingerprint density at radius 3 is 2.64 bits per heavy atom. The first-order chi connectivity index (χ1) is 15.8. The number of rotatable bonds is 6. The molecule has 1 fully saturated rings. The third-order valence-corrected chi connectivity index (χ3v) is 8.63. The highest BCUT2D eigenvalue weighted by atomic mass is 79.9. The Morgan fingerprint density at radius 1 is 1.12 bits per heavy atom. The number of hydrogen-bond donors (Lipinski definition) is 1. The number of benzene rings is 2. The quantitative estimate of drug-likeness (QED) is 0.419. The summed E-state index contributed by atoms with van der Waals surface area (Å²) >= 11 is 6.97. The molecule has 0 saturated carbocycles. The molecule has 0 unspecified atom stereocenters. The summed E-state index contributed by atoms with van der Waals surface area (Å²) in [6.07, 6.45) is 4.35. The zero-order valence-corrected chi connectivity index (χ0v) is 22.0. The summed E-state index contributed by atoms with van der Waals surface area (Å²) in [5.74, 6) is -0.0261. The summed E-state index contributed by atoms with van der Waals surface area (Å²) in [4.78, 5) is 17.2. The lowest BCUT2D eigenvalue weighted by molar-refractivity contribution is -0.118. The molecule has 2 aromatic carbocycles. The number of amides is 1. The van der Waals surface area contributed by atoms with Crippen LogP contribution in [0.15, 0.2) is 56.4 Å². The number of halogens is 2. The smallest absolute Gasteiger partial charge is 0.262 e. The van der Waals surface area contributed by atoms with Crippen LogP contribution in [0.25, 0.3) is 10.9 Å². The molecule has 0 radical (unpaired) electrons. The van der Waals surface area contributed by atoms with Crippen LogP contribution in [0.2, 0.25) is 0 Å². The fraction of sp³-hybridized carbons (Fsp3) is 0.304. The van der Waals surface area contributed by atoms with Crippen LogP contribution < -0.4 is 10.1 Å². The van der Waals surface area contributed by atoms with Gasteiger partial charge in [-0.2, -0.15) is 4.31 Å². The van der Waals surface area contributed by atoms with Crippen molar-refractivity contribution in [1.82, 2.24) is 9.29 Å². The number of ether oxygens (including phenoxy) is 1. The number of piperidine rings is 1. The third-order valence-electron chi connectivity index (χ3n) is 5.44. The van der Waals surface area contributed by atoms with Gasteiger partial charge >= 0.3 is 0 Å². The predicted octanol–water partition coefficient (Wildman–Crippen LogP) is 5.26. The van der Waals surface area contributed by atoms with Crippen LogP contribution in [0, 0.1) is 6.92 Å². The first-order valence-electron chi connectivity index (χ1n) is 10.5. The topological polar surface area (TPSA) is 88.6 Å². The number of fused-ring (bicyclic) bond motifs is 1. The summed E-state index contributed by atoms with van der Waals surface area (Å²) in [5, 5.41) is 3.57. The molecule has 1 aromatic heterocycles. The van der Waals surface area contributed by atoms with Crippen molar-refractivity contribution in [2.75, 3.05) is 25.0 Å². The van der Waals surface area contributed by atoms with Gasteiger partial charge in [0.05, 0.1) is 10.2 Å². The Hall–Kier alpha value is -2.01. The molecule has 7 nitrogen and oxygen atoms in total. The van der Waals surface area contributed by atoms with Crippen molar-refractivity contribution < 1.29 is 17.9 Å². The second-order valence-corrected chi connectivity index (χ2v) is 11.5. The van der Waals surface area contributed by atoms with E-state index in [1.54, 1.807) is 24.4 Å². The predicted molar refractivity (Wildman–Crippen MR) is 135 cm³/mol. The molecule has 0 bridgehead atoms. The minimum absolute atomic E-state index is 0.106. The monoisotopic (exact) mass is 595 g/mol. The third kappa shape index (κ3) is 5.24. The molecule has 33 heavy (non-hydrogen) atoms. The number of nitrogens with zero attached hydrogens (tertiary/aromatic N) is 2. The molecule has 1 N–H and O–H groups in total. The number of aromatic nitrogens is 1. The Balaban J connectivity index is 1.55. The fourth-order valence-electron chi connectivity index (χ4n) is 3.80. The van der Waals surface area contributed by atoms with Gasteiger partial charge in [0, 0.05) is 29.1 Å². The number of anilines is 1. The standard InChI is InChI=1S/C23H23Br2N3O4S/c1-15-7-8-19(20(12-15)33(30,31)28-10-3-2-4-11-28)27-21(29)14-32-23-18(25)13-17(24)16-6-5-9-26-22(16)23/h5-9,12-13H,2-4,10-11,14H2,1H3,(H,27,29). The van der Waals surface area contributed by atoms with E-state index in [1.807, 2.05) is 25.1 Å². The number of aryl methyl sites for hydroxylation is 1. The molecule has 174 valence electrons. The summed E-state index contributed by atoms with van der Waals surface area (Å²) in [6.45, 7) is 2.50. The van der Waals surface area contributed by atoms with Crippen molar-refractivity contribution in [3.05, 3.63) is 57.1 Å². The highest BCUT2D eigenvalue weighted by molar-refractivity contribution is 9.11. The molecule has 4 rings (SSSR count). The number of nitrogens with one attached hydrogen (secondary N) is 1. The van der Waals surface area contributed by atoms with Crippen molar-refractivity contribution in [2.45, 2.75) is 31.1 Å². The molecule has 10 heteroatoms. The van der Waals surface area contributed by atoms with Crippen LogP contribution in [-0.2, 0) is 14.8 Å². The average Bonchev–Trinajstić information content (AvgIpc) is 2.80. The van der Waals surface area contributed by atoms with Gasteiger partial charge in [0.25, 0.3) is 5.91 Å².